The Labute approximate surface area is 112 Å². The Morgan fingerprint density at radius 2 is 1.79 bits per heavy atom. The summed E-state index contributed by atoms with van der Waals surface area (Å²) in [6.07, 6.45) is 0. The summed E-state index contributed by atoms with van der Waals surface area (Å²) in [5.74, 6) is 0. The van der Waals surface area contributed by atoms with Gasteiger partial charge in [-0.2, -0.15) is 0 Å². The molecule has 2 heterocycles. The van der Waals surface area contributed by atoms with Crippen molar-refractivity contribution >= 4 is 34.2 Å². The SMILES string of the molecule is Cn1c(=O)c2c(=S)c3ccccc3[nH]c2n(C)c1=O. The maximum atomic E-state index is 12.2. The fraction of sp³-hybridized carbons (Fsp3) is 0.154. The molecule has 1 aromatic carbocycles. The predicted molar refractivity (Wildman–Crippen MR) is 77.1 cm³/mol. The first-order chi connectivity index (χ1) is 9.02. The van der Waals surface area contributed by atoms with Crippen molar-refractivity contribution in [2.45, 2.75) is 0 Å². The highest BCUT2D eigenvalue weighted by molar-refractivity contribution is 7.72. The number of H-pyrrole nitrogens is 1. The lowest BCUT2D eigenvalue weighted by Crippen LogP contribution is -2.37. The Kier molecular flexibility index (Phi) is 2.43. The minimum absolute atomic E-state index is 0.370. The number of rotatable bonds is 0. The van der Waals surface area contributed by atoms with Gasteiger partial charge < -0.3 is 4.98 Å². The predicted octanol–water partition coefficient (Wildman–Crippen LogP) is 1.45. The van der Waals surface area contributed by atoms with E-state index in [1.807, 2.05) is 24.3 Å². The first-order valence-corrected chi connectivity index (χ1v) is 6.14. The average Bonchev–Trinajstić information content (AvgIpc) is 2.43. The van der Waals surface area contributed by atoms with E-state index in [2.05, 4.69) is 4.98 Å². The molecule has 3 aromatic rings. The number of aromatic amines is 1. The first kappa shape index (κ1) is 11.9. The van der Waals surface area contributed by atoms with Crippen LogP contribution in [-0.4, -0.2) is 14.1 Å². The number of aryl methyl sites for hydroxylation is 1. The molecule has 0 bridgehead atoms. The van der Waals surface area contributed by atoms with E-state index in [-0.39, 0.29) is 11.2 Å². The van der Waals surface area contributed by atoms with E-state index in [0.717, 1.165) is 15.5 Å². The van der Waals surface area contributed by atoms with Crippen LogP contribution in [0.25, 0.3) is 21.9 Å². The van der Waals surface area contributed by atoms with E-state index in [4.69, 9.17) is 12.2 Å². The highest BCUT2D eigenvalue weighted by Crippen LogP contribution is 2.18. The maximum absolute atomic E-state index is 12.2. The third-order valence-corrected chi connectivity index (χ3v) is 3.74. The second-order valence-corrected chi connectivity index (χ2v) is 4.84. The summed E-state index contributed by atoms with van der Waals surface area (Å²) < 4.78 is 2.94. The number of hydrogen-bond donors (Lipinski definition) is 1. The lowest BCUT2D eigenvalue weighted by atomic mass is 10.2. The smallest absolute Gasteiger partial charge is 0.332 e. The number of fused-ring (bicyclic) bond motifs is 2. The maximum Gasteiger partial charge on any atom is 0.332 e. The zero-order chi connectivity index (χ0) is 13.7. The van der Waals surface area contributed by atoms with Gasteiger partial charge in [0.1, 0.15) is 5.65 Å². The van der Waals surface area contributed by atoms with E-state index in [1.165, 1.54) is 11.6 Å². The van der Waals surface area contributed by atoms with Gasteiger partial charge in [0.15, 0.2) is 0 Å². The average molecular weight is 273 g/mol. The molecule has 0 aliphatic carbocycles. The van der Waals surface area contributed by atoms with Gasteiger partial charge in [-0.15, -0.1) is 0 Å². The molecule has 1 N–H and O–H groups in total. The fourth-order valence-electron chi connectivity index (χ4n) is 2.25. The monoisotopic (exact) mass is 273 g/mol. The summed E-state index contributed by atoms with van der Waals surface area (Å²) in [6.45, 7) is 0. The standard InChI is InChI=1S/C13H11N3O2S/c1-15-11-9(12(17)16(2)13(15)18)10(19)7-5-3-4-6-8(7)14-11/h3-6H,1-2H3,(H,14,19). The number of aromatic nitrogens is 3. The number of hydrogen-bond acceptors (Lipinski definition) is 3. The van der Waals surface area contributed by atoms with Crippen LogP contribution in [-0.2, 0) is 14.1 Å². The van der Waals surface area contributed by atoms with Crippen LogP contribution >= 0.6 is 12.2 Å². The number of benzene rings is 1. The van der Waals surface area contributed by atoms with Gasteiger partial charge in [-0.3, -0.25) is 13.9 Å². The summed E-state index contributed by atoms with van der Waals surface area (Å²) in [7, 11) is 3.07. The molecule has 0 saturated carbocycles. The van der Waals surface area contributed by atoms with Gasteiger partial charge in [0.05, 0.1) is 9.90 Å². The summed E-state index contributed by atoms with van der Waals surface area (Å²) in [5, 5.41) is 1.18. The van der Waals surface area contributed by atoms with Crippen LogP contribution < -0.4 is 11.2 Å². The van der Waals surface area contributed by atoms with E-state index in [9.17, 15) is 9.59 Å². The number of para-hydroxylation sites is 1. The van der Waals surface area contributed by atoms with E-state index in [0.29, 0.717) is 15.5 Å². The molecule has 0 radical (unpaired) electrons. The van der Waals surface area contributed by atoms with Gasteiger partial charge in [0.2, 0.25) is 0 Å². The second-order valence-electron chi connectivity index (χ2n) is 4.43. The molecular weight excluding hydrogens is 262 g/mol. The van der Waals surface area contributed by atoms with Gasteiger partial charge in [-0.05, 0) is 6.07 Å². The van der Waals surface area contributed by atoms with Crippen molar-refractivity contribution < 1.29 is 0 Å². The second kappa shape index (κ2) is 3.89. The lowest BCUT2D eigenvalue weighted by molar-refractivity contribution is 0.708. The molecule has 19 heavy (non-hydrogen) atoms. The summed E-state index contributed by atoms with van der Waals surface area (Å²) in [5.41, 5.74) is 0.517. The number of pyridine rings is 1. The van der Waals surface area contributed by atoms with Gasteiger partial charge in [0.25, 0.3) is 5.56 Å². The Hall–Kier alpha value is -2.21. The highest BCUT2D eigenvalue weighted by Gasteiger charge is 2.12. The van der Waals surface area contributed by atoms with Crippen LogP contribution in [0.2, 0.25) is 0 Å². The van der Waals surface area contributed by atoms with Gasteiger partial charge in [-0.1, -0.05) is 30.4 Å². The first-order valence-electron chi connectivity index (χ1n) is 5.73. The van der Waals surface area contributed by atoms with Crippen molar-refractivity contribution in [3.05, 3.63) is 49.6 Å². The van der Waals surface area contributed by atoms with Crippen LogP contribution in [0.1, 0.15) is 0 Å². The molecule has 0 aliphatic rings. The van der Waals surface area contributed by atoms with Crippen molar-refractivity contribution in [3.8, 4) is 0 Å². The zero-order valence-corrected chi connectivity index (χ0v) is 11.2. The molecule has 0 unspecified atom stereocenters. The van der Waals surface area contributed by atoms with Crippen LogP contribution in [0.15, 0.2) is 33.9 Å². The minimum Gasteiger partial charge on any atom is -0.340 e. The largest absolute Gasteiger partial charge is 0.340 e. The summed E-state index contributed by atoms with van der Waals surface area (Å²) in [6, 6.07) is 7.47. The molecule has 3 rings (SSSR count). The van der Waals surface area contributed by atoms with E-state index in [1.54, 1.807) is 7.05 Å². The van der Waals surface area contributed by atoms with E-state index >= 15 is 0 Å². The fourth-order valence-corrected chi connectivity index (χ4v) is 2.61. The molecule has 5 nitrogen and oxygen atoms in total. The van der Waals surface area contributed by atoms with Crippen LogP contribution in [0, 0.1) is 4.51 Å². The Morgan fingerprint density at radius 1 is 1.11 bits per heavy atom. The van der Waals surface area contributed by atoms with Crippen LogP contribution in [0.3, 0.4) is 0 Å². The third-order valence-electron chi connectivity index (χ3n) is 3.32. The third kappa shape index (κ3) is 1.50. The zero-order valence-electron chi connectivity index (χ0n) is 10.4. The lowest BCUT2D eigenvalue weighted by Gasteiger charge is -2.09. The summed E-state index contributed by atoms with van der Waals surface area (Å²) >= 11 is 5.40. The Bertz CT molecular complexity index is 995. The Balaban J connectivity index is 2.80. The quantitative estimate of drug-likeness (QED) is 0.498. The van der Waals surface area contributed by atoms with Crippen LogP contribution in [0.5, 0.6) is 0 Å². The Morgan fingerprint density at radius 3 is 2.53 bits per heavy atom. The topological polar surface area (TPSA) is 59.8 Å². The van der Waals surface area contributed by atoms with Crippen molar-refractivity contribution in [1.29, 1.82) is 0 Å². The molecule has 96 valence electrons. The molecule has 0 aliphatic heterocycles. The number of nitrogens with zero attached hydrogens (tertiary/aromatic N) is 2. The molecule has 0 fully saturated rings. The molecule has 0 spiro atoms. The molecule has 0 atom stereocenters. The number of nitrogens with one attached hydrogen (secondary N) is 1. The summed E-state index contributed by atoms with van der Waals surface area (Å²) in [4.78, 5) is 27.3. The highest BCUT2D eigenvalue weighted by atomic mass is 32.1. The molecule has 6 heteroatoms. The van der Waals surface area contributed by atoms with Crippen molar-refractivity contribution in [2.75, 3.05) is 0 Å². The van der Waals surface area contributed by atoms with Gasteiger partial charge in [-0.25, -0.2) is 4.79 Å². The minimum atomic E-state index is -0.376. The normalized spacial score (nSPS) is 11.3. The van der Waals surface area contributed by atoms with Crippen molar-refractivity contribution in [1.82, 2.24) is 14.1 Å². The van der Waals surface area contributed by atoms with E-state index < -0.39 is 0 Å². The molecule has 0 amide bonds. The molecule has 0 saturated heterocycles. The van der Waals surface area contributed by atoms with Crippen molar-refractivity contribution in [2.24, 2.45) is 14.1 Å². The molecular formula is C13H11N3O2S. The van der Waals surface area contributed by atoms with Crippen molar-refractivity contribution in [3.63, 3.8) is 0 Å². The van der Waals surface area contributed by atoms with Gasteiger partial charge in [0, 0.05) is 25.0 Å². The van der Waals surface area contributed by atoms with Gasteiger partial charge >= 0.3 is 5.69 Å². The molecule has 2 aromatic heterocycles. The van der Waals surface area contributed by atoms with Crippen LogP contribution in [0.4, 0.5) is 0 Å².